The fourth-order valence-electron chi connectivity index (χ4n) is 1.37. The van der Waals surface area contributed by atoms with Gasteiger partial charge in [0.1, 0.15) is 0 Å². The van der Waals surface area contributed by atoms with Gasteiger partial charge >= 0.3 is 5.97 Å². The molecule has 0 saturated carbocycles. The van der Waals surface area contributed by atoms with Crippen LogP contribution in [0, 0.1) is 5.92 Å². The molecule has 110 valence electrons. The molecular formula is C14H19NO4S. The van der Waals surface area contributed by atoms with E-state index in [0.717, 1.165) is 6.08 Å². The van der Waals surface area contributed by atoms with Gasteiger partial charge in [-0.2, -0.15) is 0 Å². The first-order chi connectivity index (χ1) is 9.22. The molecule has 0 aliphatic heterocycles. The zero-order valence-electron chi connectivity index (χ0n) is 11.7. The first-order valence-corrected chi connectivity index (χ1v) is 7.74. The van der Waals surface area contributed by atoms with Gasteiger partial charge in [-0.1, -0.05) is 26.0 Å². The molecule has 5 nitrogen and oxygen atoms in total. The Balaban J connectivity index is 2.90. The van der Waals surface area contributed by atoms with Crippen LogP contribution >= 0.6 is 0 Å². The highest BCUT2D eigenvalue weighted by Gasteiger charge is 2.18. The molecule has 0 aromatic heterocycles. The van der Waals surface area contributed by atoms with Gasteiger partial charge in [0, 0.05) is 12.1 Å². The van der Waals surface area contributed by atoms with E-state index in [-0.39, 0.29) is 16.9 Å². The number of sulfonamides is 1. The summed E-state index contributed by atoms with van der Waals surface area (Å²) in [4.78, 5) is 10.6. The largest absolute Gasteiger partial charge is 0.478 e. The lowest BCUT2D eigenvalue weighted by atomic mass is 10.1. The van der Waals surface area contributed by atoms with E-state index in [9.17, 15) is 13.2 Å². The smallest absolute Gasteiger partial charge is 0.328 e. The molecule has 0 saturated heterocycles. The summed E-state index contributed by atoms with van der Waals surface area (Å²) in [6.07, 6.45) is 2.41. The lowest BCUT2D eigenvalue weighted by Crippen LogP contribution is -2.36. The van der Waals surface area contributed by atoms with Gasteiger partial charge in [-0.25, -0.2) is 17.9 Å². The Morgan fingerprint density at radius 3 is 2.20 bits per heavy atom. The van der Waals surface area contributed by atoms with Crippen LogP contribution in [0.5, 0.6) is 0 Å². The number of rotatable bonds is 6. The molecule has 0 aliphatic rings. The van der Waals surface area contributed by atoms with Crippen molar-refractivity contribution in [3.05, 3.63) is 35.9 Å². The molecular weight excluding hydrogens is 278 g/mol. The molecule has 2 N–H and O–H groups in total. The van der Waals surface area contributed by atoms with E-state index < -0.39 is 16.0 Å². The third kappa shape index (κ3) is 4.79. The van der Waals surface area contributed by atoms with Crippen molar-refractivity contribution < 1.29 is 18.3 Å². The molecule has 0 spiro atoms. The van der Waals surface area contributed by atoms with Crippen LogP contribution in [0.15, 0.2) is 35.2 Å². The van der Waals surface area contributed by atoms with Crippen molar-refractivity contribution in [1.82, 2.24) is 4.72 Å². The lowest BCUT2D eigenvalue weighted by molar-refractivity contribution is -0.131. The molecule has 0 heterocycles. The highest BCUT2D eigenvalue weighted by Crippen LogP contribution is 2.13. The standard InChI is InChI=1S/C14H19NO4S/c1-10(2)11(3)15-20(18,19)13-7-4-12(5-8-13)6-9-14(16)17/h4-11,15H,1-3H3,(H,16,17)/b9-6+. The van der Waals surface area contributed by atoms with Gasteiger partial charge in [-0.05, 0) is 36.6 Å². The molecule has 0 amide bonds. The van der Waals surface area contributed by atoms with Crippen LogP contribution in [0.4, 0.5) is 0 Å². The first-order valence-electron chi connectivity index (χ1n) is 6.26. The minimum atomic E-state index is -3.54. The maximum atomic E-state index is 12.1. The molecule has 20 heavy (non-hydrogen) atoms. The lowest BCUT2D eigenvalue weighted by Gasteiger charge is -2.17. The molecule has 1 aromatic rings. The van der Waals surface area contributed by atoms with Crippen LogP contribution in [-0.4, -0.2) is 25.5 Å². The van der Waals surface area contributed by atoms with Gasteiger partial charge in [0.15, 0.2) is 0 Å². The van der Waals surface area contributed by atoms with E-state index >= 15 is 0 Å². The summed E-state index contributed by atoms with van der Waals surface area (Å²) >= 11 is 0. The molecule has 1 atom stereocenters. The minimum Gasteiger partial charge on any atom is -0.478 e. The van der Waals surface area contributed by atoms with Crippen LogP contribution in [-0.2, 0) is 14.8 Å². The van der Waals surface area contributed by atoms with Crippen LogP contribution in [0.2, 0.25) is 0 Å². The predicted molar refractivity (Wildman–Crippen MR) is 77.7 cm³/mol. The second-order valence-corrected chi connectivity index (χ2v) is 6.61. The Kier molecular flexibility index (Phi) is 5.47. The fourth-order valence-corrected chi connectivity index (χ4v) is 2.77. The summed E-state index contributed by atoms with van der Waals surface area (Å²) in [5, 5.41) is 8.52. The molecule has 1 unspecified atom stereocenters. The predicted octanol–water partition coefficient (Wildman–Crippen LogP) is 2.11. The van der Waals surface area contributed by atoms with E-state index in [0.29, 0.717) is 5.56 Å². The van der Waals surface area contributed by atoms with Crippen molar-refractivity contribution in [1.29, 1.82) is 0 Å². The minimum absolute atomic E-state index is 0.161. The van der Waals surface area contributed by atoms with Crippen molar-refractivity contribution in [3.63, 3.8) is 0 Å². The summed E-state index contributed by atoms with van der Waals surface area (Å²) in [6, 6.07) is 5.88. The normalized spacial score (nSPS) is 13.8. The monoisotopic (exact) mass is 297 g/mol. The Bertz CT molecular complexity index is 588. The summed E-state index contributed by atoms with van der Waals surface area (Å²) in [5.74, 6) is -0.850. The summed E-state index contributed by atoms with van der Waals surface area (Å²) in [7, 11) is -3.54. The Morgan fingerprint density at radius 1 is 1.20 bits per heavy atom. The van der Waals surface area contributed by atoms with Gasteiger partial charge < -0.3 is 5.11 Å². The number of hydrogen-bond donors (Lipinski definition) is 2. The van der Waals surface area contributed by atoms with E-state index in [4.69, 9.17) is 5.11 Å². The van der Waals surface area contributed by atoms with Crippen LogP contribution < -0.4 is 4.72 Å². The highest BCUT2D eigenvalue weighted by atomic mass is 32.2. The molecule has 0 bridgehead atoms. The van der Waals surface area contributed by atoms with Gasteiger partial charge in [0.2, 0.25) is 10.0 Å². The Morgan fingerprint density at radius 2 is 1.75 bits per heavy atom. The number of benzene rings is 1. The van der Waals surface area contributed by atoms with Gasteiger partial charge in [-0.15, -0.1) is 0 Å². The SMILES string of the molecule is CC(C)C(C)NS(=O)(=O)c1ccc(/C=C/C(=O)O)cc1. The number of carboxylic acid groups (broad SMARTS) is 1. The third-order valence-electron chi connectivity index (χ3n) is 2.95. The molecule has 0 fully saturated rings. The van der Waals surface area contributed by atoms with Crippen molar-refractivity contribution in [3.8, 4) is 0 Å². The van der Waals surface area contributed by atoms with Gasteiger partial charge in [0.05, 0.1) is 4.90 Å². The molecule has 6 heteroatoms. The Hall–Kier alpha value is -1.66. The molecule has 0 radical (unpaired) electrons. The summed E-state index contributed by atoms with van der Waals surface area (Å²) in [5.41, 5.74) is 0.628. The molecule has 1 rings (SSSR count). The van der Waals surface area contributed by atoms with Gasteiger partial charge in [0.25, 0.3) is 0 Å². The number of carboxylic acids is 1. The van der Waals surface area contributed by atoms with Crippen LogP contribution in [0.1, 0.15) is 26.3 Å². The molecule has 0 aliphatic carbocycles. The van der Waals surface area contributed by atoms with Crippen molar-refractivity contribution >= 4 is 22.1 Å². The third-order valence-corrected chi connectivity index (χ3v) is 4.52. The van der Waals surface area contributed by atoms with Crippen LogP contribution in [0.3, 0.4) is 0 Å². The number of hydrogen-bond acceptors (Lipinski definition) is 3. The van der Waals surface area contributed by atoms with E-state index in [2.05, 4.69) is 4.72 Å². The fraction of sp³-hybridized carbons (Fsp3) is 0.357. The topological polar surface area (TPSA) is 83.5 Å². The second-order valence-electron chi connectivity index (χ2n) is 4.89. The Labute approximate surface area is 119 Å². The maximum absolute atomic E-state index is 12.1. The van der Waals surface area contributed by atoms with Crippen molar-refractivity contribution in [2.45, 2.75) is 31.7 Å². The summed E-state index contributed by atoms with van der Waals surface area (Å²) in [6.45, 7) is 5.69. The molecule has 1 aromatic carbocycles. The average Bonchev–Trinajstić information content (AvgIpc) is 2.36. The van der Waals surface area contributed by atoms with E-state index in [1.807, 2.05) is 20.8 Å². The summed E-state index contributed by atoms with van der Waals surface area (Å²) < 4.78 is 26.8. The van der Waals surface area contributed by atoms with E-state index in [1.165, 1.54) is 18.2 Å². The van der Waals surface area contributed by atoms with Gasteiger partial charge in [-0.3, -0.25) is 0 Å². The maximum Gasteiger partial charge on any atom is 0.328 e. The van der Waals surface area contributed by atoms with E-state index in [1.54, 1.807) is 12.1 Å². The average molecular weight is 297 g/mol. The number of aliphatic carboxylic acids is 1. The quantitative estimate of drug-likeness (QED) is 0.788. The van der Waals surface area contributed by atoms with Crippen LogP contribution in [0.25, 0.3) is 6.08 Å². The zero-order valence-corrected chi connectivity index (χ0v) is 12.5. The highest BCUT2D eigenvalue weighted by molar-refractivity contribution is 7.89. The number of nitrogens with one attached hydrogen (secondary N) is 1. The zero-order chi connectivity index (χ0) is 15.3. The van der Waals surface area contributed by atoms with Crippen molar-refractivity contribution in [2.75, 3.05) is 0 Å². The second kappa shape index (κ2) is 6.67. The number of carbonyl (C=O) groups is 1. The first kappa shape index (κ1) is 16.4. The van der Waals surface area contributed by atoms with Crippen molar-refractivity contribution in [2.24, 2.45) is 5.92 Å².